The average molecular weight is 405 g/mol. The quantitative estimate of drug-likeness (QED) is 0.609. The molecule has 2 amide bonds. The highest BCUT2D eigenvalue weighted by atomic mass is 32.1. The first kappa shape index (κ1) is 19.4. The number of aryl methyl sites for hydroxylation is 3. The molecule has 5 heteroatoms. The van der Waals surface area contributed by atoms with Crippen LogP contribution in [0.4, 0.5) is 11.4 Å². The Morgan fingerprint density at radius 2 is 1.69 bits per heavy atom. The van der Waals surface area contributed by atoms with Gasteiger partial charge in [0.05, 0.1) is 0 Å². The van der Waals surface area contributed by atoms with Gasteiger partial charge in [-0.1, -0.05) is 35.9 Å². The van der Waals surface area contributed by atoms with Gasteiger partial charge in [0.1, 0.15) is 6.54 Å². The molecule has 0 radical (unpaired) electrons. The van der Waals surface area contributed by atoms with Crippen LogP contribution in [0.2, 0.25) is 0 Å². The van der Waals surface area contributed by atoms with Crippen molar-refractivity contribution in [2.75, 3.05) is 16.3 Å². The van der Waals surface area contributed by atoms with Gasteiger partial charge >= 0.3 is 0 Å². The minimum absolute atomic E-state index is 0.0400. The molecule has 4 nitrogen and oxygen atoms in total. The minimum atomic E-state index is -0.655. The number of hydrogen-bond donors (Lipinski definition) is 0. The summed E-state index contributed by atoms with van der Waals surface area (Å²) in [4.78, 5) is 31.3. The Hall–Kier alpha value is -2.92. The van der Waals surface area contributed by atoms with Gasteiger partial charge in [-0.25, -0.2) is 0 Å². The van der Waals surface area contributed by atoms with E-state index in [-0.39, 0.29) is 18.4 Å². The molecular formula is C24H24N2O2S. The number of benzene rings is 2. The van der Waals surface area contributed by atoms with Crippen molar-refractivity contribution in [2.45, 2.75) is 33.7 Å². The first-order chi connectivity index (χ1) is 13.9. The Morgan fingerprint density at radius 3 is 2.38 bits per heavy atom. The summed E-state index contributed by atoms with van der Waals surface area (Å²) in [7, 11) is 0. The third-order valence-corrected chi connectivity index (χ3v) is 6.54. The molecular weight excluding hydrogens is 380 g/mol. The van der Waals surface area contributed by atoms with Crippen LogP contribution in [0.1, 0.15) is 33.2 Å². The monoisotopic (exact) mass is 404 g/mol. The van der Waals surface area contributed by atoms with Crippen molar-refractivity contribution in [1.82, 2.24) is 0 Å². The van der Waals surface area contributed by atoms with E-state index in [2.05, 4.69) is 6.07 Å². The molecule has 1 aliphatic heterocycles. The van der Waals surface area contributed by atoms with Gasteiger partial charge in [0.2, 0.25) is 5.91 Å². The number of rotatable bonds is 3. The van der Waals surface area contributed by atoms with Gasteiger partial charge in [0, 0.05) is 16.3 Å². The van der Waals surface area contributed by atoms with E-state index in [1.807, 2.05) is 75.5 Å². The van der Waals surface area contributed by atoms with E-state index in [0.29, 0.717) is 0 Å². The average Bonchev–Trinajstić information content (AvgIpc) is 3.20. The predicted octanol–water partition coefficient (Wildman–Crippen LogP) is 5.10. The van der Waals surface area contributed by atoms with Gasteiger partial charge in [0.15, 0.2) is 6.04 Å². The normalized spacial score (nSPS) is 17.2. The van der Waals surface area contributed by atoms with Gasteiger partial charge in [-0.05, 0) is 68.0 Å². The Bertz CT molecular complexity index is 1090. The van der Waals surface area contributed by atoms with Crippen molar-refractivity contribution in [3.63, 3.8) is 0 Å². The van der Waals surface area contributed by atoms with E-state index < -0.39 is 6.04 Å². The molecule has 1 aliphatic rings. The van der Waals surface area contributed by atoms with Gasteiger partial charge in [0.25, 0.3) is 5.91 Å². The number of piperazine rings is 1. The first-order valence-electron chi connectivity index (χ1n) is 9.69. The van der Waals surface area contributed by atoms with Crippen molar-refractivity contribution >= 4 is 34.5 Å². The van der Waals surface area contributed by atoms with E-state index in [1.54, 1.807) is 9.80 Å². The standard InChI is InChI=1S/C24H24N2O2S/c1-15-10-11-19(17(3)13-15)26-22(27)14-25(20-8-5-7-16(2)18(20)4)24(28)23(26)21-9-6-12-29-21/h5-13,23H,14H2,1-4H3/t23-/m1/s1. The third-order valence-electron chi connectivity index (χ3n) is 5.61. The van der Waals surface area contributed by atoms with E-state index in [9.17, 15) is 9.59 Å². The highest BCUT2D eigenvalue weighted by molar-refractivity contribution is 7.10. The third kappa shape index (κ3) is 3.36. The molecule has 3 aromatic rings. The molecule has 0 aliphatic carbocycles. The van der Waals surface area contributed by atoms with Gasteiger partial charge in [-0.2, -0.15) is 0 Å². The number of anilines is 2. The smallest absolute Gasteiger partial charge is 0.256 e. The van der Waals surface area contributed by atoms with E-state index in [4.69, 9.17) is 0 Å². The van der Waals surface area contributed by atoms with Crippen LogP contribution >= 0.6 is 11.3 Å². The summed E-state index contributed by atoms with van der Waals surface area (Å²) < 4.78 is 0. The number of hydrogen-bond acceptors (Lipinski definition) is 3. The fourth-order valence-corrected chi connectivity index (χ4v) is 4.77. The fraction of sp³-hybridized carbons (Fsp3) is 0.250. The maximum Gasteiger partial charge on any atom is 0.256 e. The van der Waals surface area contributed by atoms with Crippen molar-refractivity contribution < 1.29 is 9.59 Å². The number of carbonyl (C=O) groups excluding carboxylic acids is 2. The summed E-state index contributed by atoms with van der Waals surface area (Å²) in [6.45, 7) is 8.08. The Balaban J connectivity index is 1.84. The first-order valence-corrected chi connectivity index (χ1v) is 10.6. The molecule has 4 rings (SSSR count). The second-order valence-electron chi connectivity index (χ2n) is 7.62. The molecule has 2 aromatic carbocycles. The molecule has 0 N–H and O–H groups in total. The zero-order chi connectivity index (χ0) is 20.7. The SMILES string of the molecule is Cc1ccc(N2C(=O)CN(c3cccc(C)c3C)C(=O)[C@H]2c2cccs2)c(C)c1. The molecule has 29 heavy (non-hydrogen) atoms. The number of nitrogens with zero attached hydrogens (tertiary/aromatic N) is 2. The van der Waals surface area contributed by atoms with Crippen molar-refractivity contribution in [2.24, 2.45) is 0 Å². The number of amides is 2. The van der Waals surface area contributed by atoms with Crippen molar-refractivity contribution in [3.05, 3.63) is 81.0 Å². The molecule has 148 valence electrons. The van der Waals surface area contributed by atoms with E-state index >= 15 is 0 Å². The minimum Gasteiger partial charge on any atom is -0.301 e. The molecule has 0 bridgehead atoms. The molecule has 2 heterocycles. The lowest BCUT2D eigenvalue weighted by Gasteiger charge is -2.41. The topological polar surface area (TPSA) is 40.6 Å². The van der Waals surface area contributed by atoms with Crippen LogP contribution in [0.5, 0.6) is 0 Å². The summed E-state index contributed by atoms with van der Waals surface area (Å²) in [6, 6.07) is 15.1. The lowest BCUT2D eigenvalue weighted by atomic mass is 10.0. The summed E-state index contributed by atoms with van der Waals surface area (Å²) in [5.41, 5.74) is 5.86. The van der Waals surface area contributed by atoms with Gasteiger partial charge in [-0.15, -0.1) is 11.3 Å². The zero-order valence-corrected chi connectivity index (χ0v) is 17.9. The summed E-state index contributed by atoms with van der Waals surface area (Å²) in [6.07, 6.45) is 0. The van der Waals surface area contributed by atoms with Crippen molar-refractivity contribution in [3.8, 4) is 0 Å². The maximum absolute atomic E-state index is 13.7. The number of carbonyl (C=O) groups is 2. The van der Waals surface area contributed by atoms with E-state index in [0.717, 1.165) is 38.5 Å². The summed E-state index contributed by atoms with van der Waals surface area (Å²) in [5.74, 6) is -0.142. The van der Waals surface area contributed by atoms with Crippen LogP contribution in [0.15, 0.2) is 53.9 Å². The summed E-state index contributed by atoms with van der Waals surface area (Å²) in [5, 5.41) is 1.95. The molecule has 1 atom stereocenters. The Morgan fingerprint density at radius 1 is 0.897 bits per heavy atom. The Kier molecular flexibility index (Phi) is 5.01. The molecule has 0 spiro atoms. The molecule has 1 fully saturated rings. The van der Waals surface area contributed by atoms with Crippen LogP contribution in [0.3, 0.4) is 0 Å². The highest BCUT2D eigenvalue weighted by Crippen LogP contribution is 2.38. The van der Waals surface area contributed by atoms with Crippen molar-refractivity contribution in [1.29, 1.82) is 0 Å². The van der Waals surface area contributed by atoms with Gasteiger partial charge in [-0.3, -0.25) is 14.5 Å². The molecule has 1 aromatic heterocycles. The second kappa shape index (κ2) is 7.48. The second-order valence-corrected chi connectivity index (χ2v) is 8.59. The Labute approximate surface area is 175 Å². The predicted molar refractivity (Wildman–Crippen MR) is 119 cm³/mol. The van der Waals surface area contributed by atoms with Gasteiger partial charge < -0.3 is 4.90 Å². The largest absolute Gasteiger partial charge is 0.301 e. The zero-order valence-electron chi connectivity index (χ0n) is 17.1. The molecule has 0 unspecified atom stereocenters. The maximum atomic E-state index is 13.7. The molecule has 0 saturated carbocycles. The van der Waals surface area contributed by atoms with Crippen LogP contribution < -0.4 is 9.80 Å². The lowest BCUT2D eigenvalue weighted by molar-refractivity contribution is -0.128. The fourth-order valence-electron chi connectivity index (χ4n) is 3.97. The number of thiophene rings is 1. The molecule has 1 saturated heterocycles. The van der Waals surface area contributed by atoms with Crippen LogP contribution in [-0.2, 0) is 9.59 Å². The summed E-state index contributed by atoms with van der Waals surface area (Å²) >= 11 is 1.51. The van der Waals surface area contributed by atoms with Crippen LogP contribution in [-0.4, -0.2) is 18.4 Å². The van der Waals surface area contributed by atoms with E-state index in [1.165, 1.54) is 11.3 Å². The highest BCUT2D eigenvalue weighted by Gasteiger charge is 2.43. The van der Waals surface area contributed by atoms with Crippen LogP contribution in [0.25, 0.3) is 0 Å². The van der Waals surface area contributed by atoms with Crippen LogP contribution in [0, 0.1) is 27.7 Å². The lowest BCUT2D eigenvalue weighted by Crippen LogP contribution is -2.56.